The summed E-state index contributed by atoms with van der Waals surface area (Å²) in [7, 11) is 0. The van der Waals surface area contributed by atoms with Crippen LogP contribution in [0.25, 0.3) is 0 Å². The molecule has 1 rings (SSSR count). The van der Waals surface area contributed by atoms with E-state index in [1.807, 2.05) is 0 Å². The molecule has 9 heteroatoms. The van der Waals surface area contributed by atoms with Crippen LogP contribution >= 0.6 is 11.6 Å². The van der Waals surface area contributed by atoms with Gasteiger partial charge in [0.05, 0.1) is 4.92 Å². The van der Waals surface area contributed by atoms with Crippen LogP contribution in [-0.4, -0.2) is 28.3 Å². The monoisotopic (exact) mass is 322 g/mol. The second-order valence-corrected chi connectivity index (χ2v) is 4.84. The van der Waals surface area contributed by atoms with Crippen molar-refractivity contribution in [1.82, 2.24) is 0 Å². The van der Waals surface area contributed by atoms with Gasteiger partial charge in [-0.15, -0.1) is 0 Å². The Kier molecular flexibility index (Phi) is 7.87. The van der Waals surface area contributed by atoms with Gasteiger partial charge in [0.1, 0.15) is 6.04 Å². The summed E-state index contributed by atoms with van der Waals surface area (Å²) < 4.78 is 0. The van der Waals surface area contributed by atoms with E-state index in [9.17, 15) is 20.0 Å². The summed E-state index contributed by atoms with van der Waals surface area (Å²) in [6.07, 6.45) is 1.01. The van der Waals surface area contributed by atoms with Crippen molar-refractivity contribution in [3.63, 3.8) is 0 Å². The van der Waals surface area contributed by atoms with Crippen LogP contribution in [0.1, 0.15) is 19.4 Å². The first kappa shape index (κ1) is 19.9. The van der Waals surface area contributed by atoms with Gasteiger partial charge in [0.15, 0.2) is 0 Å². The average molecular weight is 323 g/mol. The summed E-state index contributed by atoms with van der Waals surface area (Å²) >= 11 is 5.69. The third-order valence-corrected chi connectivity index (χ3v) is 2.74. The number of benzene rings is 1. The number of carbonyl (C=O) groups is 1. The molecule has 0 saturated heterocycles. The van der Waals surface area contributed by atoms with Gasteiger partial charge in [-0.1, -0.05) is 25.4 Å². The van der Waals surface area contributed by atoms with Gasteiger partial charge < -0.3 is 10.2 Å². The van der Waals surface area contributed by atoms with Crippen LogP contribution in [0.15, 0.2) is 17.1 Å². The van der Waals surface area contributed by atoms with Gasteiger partial charge in [0.2, 0.25) is 0 Å². The van der Waals surface area contributed by atoms with Crippen LogP contribution in [0.3, 0.4) is 0 Å². The summed E-state index contributed by atoms with van der Waals surface area (Å²) in [6.45, 7) is 3.32. The number of rotatable bonds is 5. The van der Waals surface area contributed by atoms with Crippen molar-refractivity contribution in [2.45, 2.75) is 19.9 Å². The van der Waals surface area contributed by atoms with Crippen molar-refractivity contribution >= 4 is 29.5 Å². The number of aliphatic imine (C=N–C) groups is 1. The van der Waals surface area contributed by atoms with Crippen LogP contribution in [0, 0.1) is 16.0 Å². The van der Waals surface area contributed by atoms with Crippen LogP contribution < -0.4 is 34.7 Å². The molecular formula is C12H12ClN2NaO5. The van der Waals surface area contributed by atoms with Crippen LogP contribution in [0.5, 0.6) is 5.75 Å². The van der Waals surface area contributed by atoms with Gasteiger partial charge in [-0.3, -0.25) is 15.1 Å². The van der Waals surface area contributed by atoms with E-state index in [4.69, 9.17) is 16.7 Å². The first-order valence-electron chi connectivity index (χ1n) is 5.65. The Balaban J connectivity index is 0.00000400. The summed E-state index contributed by atoms with van der Waals surface area (Å²) in [4.78, 5) is 24.6. The normalized spacial score (nSPS) is 12.2. The summed E-state index contributed by atoms with van der Waals surface area (Å²) in [5.41, 5.74) is -0.786. The van der Waals surface area contributed by atoms with E-state index in [2.05, 4.69) is 4.99 Å². The molecule has 0 heterocycles. The third kappa shape index (κ3) is 5.28. The number of carboxylic acids is 1. The Bertz CT molecular complexity index is 577. The topological polar surface area (TPSA) is 116 Å². The van der Waals surface area contributed by atoms with Crippen molar-refractivity contribution in [2.75, 3.05) is 0 Å². The minimum absolute atomic E-state index is 0. The summed E-state index contributed by atoms with van der Waals surface area (Å²) in [5, 5.41) is 31.4. The molecule has 1 atom stereocenters. The molecule has 1 aromatic carbocycles. The Morgan fingerprint density at radius 3 is 2.48 bits per heavy atom. The third-order valence-electron chi connectivity index (χ3n) is 2.52. The number of nitro groups is 1. The number of hydrogen-bond donors (Lipinski definition) is 1. The van der Waals surface area contributed by atoms with Gasteiger partial charge in [0, 0.05) is 17.3 Å². The Morgan fingerprint density at radius 2 is 2.05 bits per heavy atom. The number of nitro benzene ring substituents is 1. The minimum atomic E-state index is -1.14. The first-order valence-corrected chi connectivity index (χ1v) is 6.02. The molecule has 0 radical (unpaired) electrons. The van der Waals surface area contributed by atoms with Crippen LogP contribution in [-0.2, 0) is 4.79 Å². The molecule has 0 bridgehead atoms. The maximum Gasteiger partial charge on any atom is 1.00 e. The second kappa shape index (κ2) is 8.33. The Labute approximate surface area is 148 Å². The molecule has 0 aliphatic rings. The van der Waals surface area contributed by atoms with E-state index in [-0.39, 0.29) is 46.1 Å². The van der Waals surface area contributed by atoms with E-state index < -0.39 is 28.4 Å². The van der Waals surface area contributed by atoms with Gasteiger partial charge in [-0.25, -0.2) is 4.79 Å². The molecule has 21 heavy (non-hydrogen) atoms. The van der Waals surface area contributed by atoms with Crippen molar-refractivity contribution in [2.24, 2.45) is 10.9 Å². The summed E-state index contributed by atoms with van der Waals surface area (Å²) in [6, 6.07) is 1.12. The van der Waals surface area contributed by atoms with E-state index in [0.29, 0.717) is 0 Å². The van der Waals surface area contributed by atoms with E-state index in [1.165, 1.54) is 6.07 Å². The fourth-order valence-electron chi connectivity index (χ4n) is 1.51. The predicted molar refractivity (Wildman–Crippen MR) is 71.4 cm³/mol. The quantitative estimate of drug-likeness (QED) is 0.318. The summed E-state index contributed by atoms with van der Waals surface area (Å²) in [5.74, 6) is -2.27. The molecule has 0 amide bonds. The fourth-order valence-corrected chi connectivity index (χ4v) is 1.73. The van der Waals surface area contributed by atoms with E-state index in [1.54, 1.807) is 13.8 Å². The molecule has 0 unspecified atom stereocenters. The number of nitrogens with zero attached hydrogens (tertiary/aromatic N) is 2. The largest absolute Gasteiger partial charge is 1.00 e. The number of halogens is 1. The number of hydrogen-bond acceptors (Lipinski definition) is 5. The maximum absolute atomic E-state index is 11.8. The van der Waals surface area contributed by atoms with Crippen molar-refractivity contribution < 1.29 is 49.5 Å². The number of aliphatic carboxylic acids is 1. The maximum atomic E-state index is 11.8. The fraction of sp³-hybridized carbons (Fsp3) is 0.333. The van der Waals surface area contributed by atoms with E-state index in [0.717, 1.165) is 12.3 Å². The Hall–Kier alpha value is -1.15. The van der Waals surface area contributed by atoms with E-state index >= 15 is 0 Å². The Morgan fingerprint density at radius 1 is 1.48 bits per heavy atom. The molecule has 0 aromatic heterocycles. The van der Waals surface area contributed by atoms with Gasteiger partial charge >= 0.3 is 35.5 Å². The average Bonchev–Trinajstić information content (AvgIpc) is 2.31. The van der Waals surface area contributed by atoms with Crippen LogP contribution in [0.4, 0.5) is 5.69 Å². The zero-order valence-corrected chi connectivity index (χ0v) is 14.5. The molecule has 0 fully saturated rings. The van der Waals surface area contributed by atoms with Crippen molar-refractivity contribution in [3.05, 3.63) is 32.8 Å². The molecule has 0 aliphatic heterocycles. The molecule has 1 aromatic rings. The van der Waals surface area contributed by atoms with Gasteiger partial charge in [-0.05, 0) is 23.3 Å². The van der Waals surface area contributed by atoms with Crippen molar-refractivity contribution in [3.8, 4) is 5.75 Å². The molecule has 108 valence electrons. The molecule has 0 saturated carbocycles. The zero-order chi connectivity index (χ0) is 15.4. The first-order chi connectivity index (χ1) is 9.23. The molecule has 7 nitrogen and oxygen atoms in total. The molecule has 0 spiro atoms. The predicted octanol–water partition coefficient (Wildman–Crippen LogP) is -1.15. The molecule has 0 aliphatic carbocycles. The minimum Gasteiger partial charge on any atom is -0.867 e. The zero-order valence-electron chi connectivity index (χ0n) is 11.7. The van der Waals surface area contributed by atoms with Crippen LogP contribution in [0.2, 0.25) is 5.02 Å². The SMILES string of the molecule is CC(C)[C@H](N=Cc1cc(Cl)cc([N+](=O)[O-])c1[O-])C(=O)O.[Na+]. The molecule has 1 N–H and O–H groups in total. The second-order valence-electron chi connectivity index (χ2n) is 4.41. The van der Waals surface area contributed by atoms with Gasteiger partial charge in [0.25, 0.3) is 5.69 Å². The van der Waals surface area contributed by atoms with Gasteiger partial charge in [-0.2, -0.15) is 0 Å². The van der Waals surface area contributed by atoms with Crippen molar-refractivity contribution in [1.29, 1.82) is 0 Å². The number of carboxylic acid groups (broad SMARTS) is 1. The standard InChI is InChI=1S/C12H13ClN2O5.Na/c1-6(2)10(12(17)18)14-5-7-3-8(13)4-9(11(7)16)15(19)20;/h3-6,10,16H,1-2H3,(H,17,18);/q;+1/p-1/t10-;/m0./s1. The smallest absolute Gasteiger partial charge is 0.867 e. The molecular weight excluding hydrogens is 311 g/mol.